The molecule has 1 aliphatic heterocycles. The van der Waals surface area contributed by atoms with E-state index in [1.807, 2.05) is 12.1 Å². The summed E-state index contributed by atoms with van der Waals surface area (Å²) in [5.41, 5.74) is 2.53. The summed E-state index contributed by atoms with van der Waals surface area (Å²) < 4.78 is 0. The SMILES string of the molecule is CC(=O)c1cccc2c1[C@@H](N1C(=O)C=CC1=O)CC2. The van der Waals surface area contributed by atoms with E-state index in [4.69, 9.17) is 0 Å². The number of nitrogens with zero attached hydrogens (tertiary/aromatic N) is 1. The highest BCUT2D eigenvalue weighted by Crippen LogP contribution is 2.39. The third kappa shape index (κ3) is 1.71. The second kappa shape index (κ2) is 4.16. The molecule has 0 aromatic heterocycles. The Morgan fingerprint density at radius 1 is 1.21 bits per heavy atom. The van der Waals surface area contributed by atoms with Gasteiger partial charge in [0.1, 0.15) is 0 Å². The summed E-state index contributed by atoms with van der Waals surface area (Å²) >= 11 is 0. The molecule has 0 spiro atoms. The van der Waals surface area contributed by atoms with Gasteiger partial charge >= 0.3 is 0 Å². The highest BCUT2D eigenvalue weighted by atomic mass is 16.2. The molecule has 0 radical (unpaired) electrons. The summed E-state index contributed by atoms with van der Waals surface area (Å²) in [5, 5.41) is 0. The van der Waals surface area contributed by atoms with Crippen LogP contribution in [0.25, 0.3) is 0 Å². The number of hydrogen-bond acceptors (Lipinski definition) is 3. The van der Waals surface area contributed by atoms with Gasteiger partial charge < -0.3 is 0 Å². The van der Waals surface area contributed by atoms with Crippen LogP contribution in [0.4, 0.5) is 0 Å². The maximum atomic E-state index is 11.8. The Balaban J connectivity index is 2.09. The molecule has 1 atom stereocenters. The Hall–Kier alpha value is -2.23. The number of carbonyl (C=O) groups excluding carboxylic acids is 3. The van der Waals surface area contributed by atoms with Crippen LogP contribution in [0.2, 0.25) is 0 Å². The fourth-order valence-corrected chi connectivity index (χ4v) is 2.95. The van der Waals surface area contributed by atoms with E-state index >= 15 is 0 Å². The first kappa shape index (κ1) is 11.8. The molecule has 0 unspecified atom stereocenters. The number of amides is 2. The van der Waals surface area contributed by atoms with Crippen LogP contribution in [-0.4, -0.2) is 22.5 Å². The van der Waals surface area contributed by atoms with Gasteiger partial charge in [-0.15, -0.1) is 0 Å². The summed E-state index contributed by atoms with van der Waals surface area (Å²) in [7, 11) is 0. The Morgan fingerprint density at radius 3 is 2.53 bits per heavy atom. The maximum absolute atomic E-state index is 11.8. The van der Waals surface area contributed by atoms with E-state index in [9.17, 15) is 14.4 Å². The second-order valence-corrected chi connectivity index (χ2v) is 4.87. The summed E-state index contributed by atoms with van der Waals surface area (Å²) in [6, 6.07) is 5.27. The molecule has 2 aliphatic rings. The van der Waals surface area contributed by atoms with E-state index in [-0.39, 0.29) is 23.6 Å². The van der Waals surface area contributed by atoms with Crippen LogP contribution in [0.5, 0.6) is 0 Å². The van der Waals surface area contributed by atoms with Crippen LogP contribution in [0, 0.1) is 0 Å². The van der Waals surface area contributed by atoms with Crippen LogP contribution < -0.4 is 0 Å². The summed E-state index contributed by atoms with van der Waals surface area (Å²) in [4.78, 5) is 36.6. The van der Waals surface area contributed by atoms with E-state index in [1.54, 1.807) is 6.07 Å². The van der Waals surface area contributed by atoms with E-state index < -0.39 is 0 Å². The highest BCUT2D eigenvalue weighted by Gasteiger charge is 2.37. The normalized spacial score (nSPS) is 21.1. The van der Waals surface area contributed by atoms with Crippen molar-refractivity contribution in [2.45, 2.75) is 25.8 Å². The smallest absolute Gasteiger partial charge is 0.254 e. The molecule has 0 fully saturated rings. The minimum Gasteiger partial charge on any atom is -0.294 e. The zero-order valence-electron chi connectivity index (χ0n) is 10.6. The molecular weight excluding hydrogens is 242 g/mol. The van der Waals surface area contributed by atoms with Gasteiger partial charge in [-0.25, -0.2) is 0 Å². The topological polar surface area (TPSA) is 54.5 Å². The van der Waals surface area contributed by atoms with Gasteiger partial charge in [-0.05, 0) is 30.9 Å². The van der Waals surface area contributed by atoms with Gasteiger partial charge in [-0.1, -0.05) is 18.2 Å². The number of hydrogen-bond donors (Lipinski definition) is 0. The second-order valence-electron chi connectivity index (χ2n) is 4.87. The minimum atomic E-state index is -0.301. The average Bonchev–Trinajstić information content (AvgIpc) is 2.93. The van der Waals surface area contributed by atoms with Crippen LogP contribution in [0.1, 0.15) is 40.9 Å². The van der Waals surface area contributed by atoms with E-state index in [0.717, 1.165) is 17.5 Å². The quantitative estimate of drug-likeness (QED) is 0.598. The van der Waals surface area contributed by atoms with Gasteiger partial charge in [0.15, 0.2) is 5.78 Å². The van der Waals surface area contributed by atoms with Crippen molar-refractivity contribution < 1.29 is 14.4 Å². The largest absolute Gasteiger partial charge is 0.294 e. The minimum absolute atomic E-state index is 0.0317. The number of ketones is 1. The lowest BCUT2D eigenvalue weighted by Crippen LogP contribution is -2.33. The fraction of sp³-hybridized carbons (Fsp3) is 0.267. The maximum Gasteiger partial charge on any atom is 0.254 e. The number of carbonyl (C=O) groups is 3. The molecule has 1 heterocycles. The number of fused-ring (bicyclic) bond motifs is 1. The standard InChI is InChI=1S/C15H13NO3/c1-9(17)11-4-2-3-10-5-6-12(15(10)11)16-13(18)7-8-14(16)19/h2-4,7-8,12H,5-6H2,1H3/t12-/m0/s1. The van der Waals surface area contributed by atoms with Gasteiger partial charge in [0.05, 0.1) is 6.04 Å². The first-order valence-electron chi connectivity index (χ1n) is 6.27. The van der Waals surface area contributed by atoms with Crippen LogP contribution in [0.15, 0.2) is 30.4 Å². The van der Waals surface area contributed by atoms with Crippen molar-refractivity contribution in [3.05, 3.63) is 47.0 Å². The Labute approximate surface area is 110 Å². The number of imide groups is 1. The van der Waals surface area contributed by atoms with Gasteiger partial charge in [0, 0.05) is 17.7 Å². The molecule has 4 heteroatoms. The van der Waals surface area contributed by atoms with Crippen molar-refractivity contribution >= 4 is 17.6 Å². The fourth-order valence-electron chi connectivity index (χ4n) is 2.95. The van der Waals surface area contributed by atoms with Gasteiger partial charge in [-0.3, -0.25) is 19.3 Å². The molecule has 1 aliphatic carbocycles. The molecule has 1 aromatic carbocycles. The molecule has 0 saturated heterocycles. The van der Waals surface area contributed by atoms with Crippen molar-refractivity contribution in [2.75, 3.05) is 0 Å². The average molecular weight is 255 g/mol. The van der Waals surface area contributed by atoms with Gasteiger partial charge in [-0.2, -0.15) is 0 Å². The lowest BCUT2D eigenvalue weighted by Gasteiger charge is -2.24. The third-order valence-electron chi connectivity index (χ3n) is 3.75. The highest BCUT2D eigenvalue weighted by molar-refractivity contribution is 6.13. The van der Waals surface area contributed by atoms with Crippen LogP contribution >= 0.6 is 0 Å². The number of rotatable bonds is 2. The van der Waals surface area contributed by atoms with Crippen molar-refractivity contribution in [3.63, 3.8) is 0 Å². The molecule has 0 N–H and O–H groups in total. The molecule has 0 bridgehead atoms. The molecule has 0 saturated carbocycles. The zero-order chi connectivity index (χ0) is 13.6. The summed E-state index contributed by atoms with van der Waals surface area (Å²) in [6.07, 6.45) is 4.06. The molecule has 1 aromatic rings. The van der Waals surface area contributed by atoms with Crippen molar-refractivity contribution in [2.24, 2.45) is 0 Å². The number of aryl methyl sites for hydroxylation is 1. The van der Waals surface area contributed by atoms with Crippen molar-refractivity contribution in [1.82, 2.24) is 4.90 Å². The summed E-state index contributed by atoms with van der Waals surface area (Å²) in [5.74, 6) is -0.613. The van der Waals surface area contributed by atoms with Crippen molar-refractivity contribution in [3.8, 4) is 0 Å². The van der Waals surface area contributed by atoms with E-state index in [1.165, 1.54) is 24.0 Å². The van der Waals surface area contributed by atoms with Crippen LogP contribution in [0.3, 0.4) is 0 Å². The molecule has 96 valence electrons. The predicted molar refractivity (Wildman–Crippen MR) is 68.5 cm³/mol. The monoisotopic (exact) mass is 255 g/mol. The van der Waals surface area contributed by atoms with E-state index in [2.05, 4.69) is 0 Å². The first-order chi connectivity index (χ1) is 9.09. The van der Waals surface area contributed by atoms with Gasteiger partial charge in [0.2, 0.25) is 0 Å². The Bertz CT molecular complexity index is 612. The molecule has 4 nitrogen and oxygen atoms in total. The molecular formula is C15H13NO3. The molecule has 2 amide bonds. The summed E-state index contributed by atoms with van der Waals surface area (Å²) in [6.45, 7) is 1.51. The lowest BCUT2D eigenvalue weighted by atomic mass is 9.97. The molecule has 3 rings (SSSR count). The Morgan fingerprint density at radius 2 is 1.89 bits per heavy atom. The van der Waals surface area contributed by atoms with Crippen LogP contribution in [-0.2, 0) is 16.0 Å². The first-order valence-corrected chi connectivity index (χ1v) is 6.27. The number of benzene rings is 1. The number of Topliss-reactive ketones (excluding diaryl/α,β-unsaturated/α-hetero) is 1. The van der Waals surface area contributed by atoms with Gasteiger partial charge in [0.25, 0.3) is 11.8 Å². The lowest BCUT2D eigenvalue weighted by molar-refractivity contribution is -0.139. The third-order valence-corrected chi connectivity index (χ3v) is 3.75. The van der Waals surface area contributed by atoms with E-state index in [0.29, 0.717) is 12.0 Å². The zero-order valence-corrected chi connectivity index (χ0v) is 10.6. The van der Waals surface area contributed by atoms with Crippen molar-refractivity contribution in [1.29, 1.82) is 0 Å². The Kier molecular flexibility index (Phi) is 2.59. The molecule has 19 heavy (non-hydrogen) atoms. The predicted octanol–water partition coefficient (Wildman–Crippen LogP) is 1.80.